The van der Waals surface area contributed by atoms with E-state index in [4.69, 9.17) is 10.8 Å². The number of aromatic amines is 1. The maximum Gasteiger partial charge on any atom is 0.256 e. The summed E-state index contributed by atoms with van der Waals surface area (Å²) in [7, 11) is 3.75. The topological polar surface area (TPSA) is 191 Å². The smallest absolute Gasteiger partial charge is 0.256 e. The zero-order valence-electron chi connectivity index (χ0n) is 32.4. The summed E-state index contributed by atoms with van der Waals surface area (Å²) >= 11 is 0. The minimum Gasteiger partial charge on any atom is -0.396 e. The van der Waals surface area contributed by atoms with Gasteiger partial charge in [-0.05, 0) is 77.7 Å². The van der Waals surface area contributed by atoms with Gasteiger partial charge in [-0.3, -0.25) is 34.2 Å². The molecule has 0 spiro atoms. The second kappa shape index (κ2) is 23.8. The van der Waals surface area contributed by atoms with Crippen LogP contribution in [0.1, 0.15) is 130 Å². The van der Waals surface area contributed by atoms with Gasteiger partial charge in [-0.15, -0.1) is 0 Å². The molecule has 3 aromatic rings. The summed E-state index contributed by atoms with van der Waals surface area (Å²) in [5, 5.41) is 13.4. The van der Waals surface area contributed by atoms with Crippen LogP contribution in [0.5, 0.6) is 0 Å². The number of carbonyl (C=O) groups excluding carboxylic acids is 5. The van der Waals surface area contributed by atoms with Gasteiger partial charge in [0.05, 0.1) is 22.2 Å². The van der Waals surface area contributed by atoms with Crippen LogP contribution in [0.3, 0.4) is 0 Å². The quantitative estimate of drug-likeness (QED) is 0.0977. The van der Waals surface area contributed by atoms with E-state index in [2.05, 4.69) is 53.3 Å². The van der Waals surface area contributed by atoms with Crippen molar-refractivity contribution in [1.29, 1.82) is 0 Å². The zero-order chi connectivity index (χ0) is 39.3. The number of likely N-dealkylation sites (tertiary alicyclic amines) is 1. The Hall–Kier alpha value is -4.62. The maximum atomic E-state index is 13.0. The number of imidazole rings is 1. The molecule has 4 rings (SSSR count). The third-order valence-corrected chi connectivity index (χ3v) is 9.07. The number of primary amides is 1. The molecule has 6 N–H and O–H groups in total. The highest BCUT2D eigenvalue weighted by Crippen LogP contribution is 2.36. The van der Waals surface area contributed by atoms with E-state index in [9.17, 15) is 24.0 Å². The van der Waals surface area contributed by atoms with Crippen molar-refractivity contribution < 1.29 is 29.1 Å². The number of nitrogens with one attached hydrogen (secondary N) is 3. The van der Waals surface area contributed by atoms with Gasteiger partial charge in [0.1, 0.15) is 11.3 Å². The van der Waals surface area contributed by atoms with Crippen LogP contribution < -0.4 is 16.4 Å². The van der Waals surface area contributed by atoms with Gasteiger partial charge in [-0.1, -0.05) is 58.7 Å². The molecular formula is C39H61N7O6. The number of amides is 4. The summed E-state index contributed by atoms with van der Waals surface area (Å²) in [6.07, 6.45) is 7.79. The number of anilines is 1. The number of benzene rings is 2. The van der Waals surface area contributed by atoms with Gasteiger partial charge in [0, 0.05) is 43.9 Å². The van der Waals surface area contributed by atoms with Crippen LogP contribution in [0.2, 0.25) is 0 Å². The normalized spacial score (nSPS) is 15.4. The predicted octanol–water partition coefficient (Wildman–Crippen LogP) is 5.63. The van der Waals surface area contributed by atoms with Gasteiger partial charge in [0.15, 0.2) is 6.29 Å². The summed E-state index contributed by atoms with van der Waals surface area (Å²) in [6.45, 7) is 14.3. The van der Waals surface area contributed by atoms with Crippen molar-refractivity contribution in [1.82, 2.24) is 25.1 Å². The number of rotatable bonds is 15. The third-order valence-electron chi connectivity index (χ3n) is 9.07. The highest BCUT2D eigenvalue weighted by Gasteiger charge is 2.38. The lowest BCUT2D eigenvalue weighted by atomic mass is 9.98. The van der Waals surface area contributed by atoms with E-state index in [1.54, 1.807) is 31.3 Å². The monoisotopic (exact) mass is 723 g/mol. The molecule has 0 bridgehead atoms. The Balaban J connectivity index is 0.000000453. The molecule has 2 atom stereocenters. The van der Waals surface area contributed by atoms with Crippen molar-refractivity contribution in [3.8, 4) is 0 Å². The Morgan fingerprint density at radius 3 is 2.33 bits per heavy atom. The largest absolute Gasteiger partial charge is 0.396 e. The first-order valence-corrected chi connectivity index (χ1v) is 18.3. The Kier molecular flexibility index (Phi) is 20.8. The van der Waals surface area contributed by atoms with Gasteiger partial charge in [-0.2, -0.15) is 0 Å². The number of aliphatic hydroxyl groups is 1. The molecule has 4 amide bonds. The lowest BCUT2D eigenvalue weighted by Crippen LogP contribution is -2.37. The second-order valence-corrected chi connectivity index (χ2v) is 12.7. The molecule has 1 aromatic heterocycles. The molecule has 13 nitrogen and oxygen atoms in total. The first-order valence-electron chi connectivity index (χ1n) is 18.3. The molecule has 1 saturated heterocycles. The van der Waals surface area contributed by atoms with Gasteiger partial charge in [0.2, 0.25) is 12.3 Å². The molecule has 0 aliphatic carbocycles. The van der Waals surface area contributed by atoms with Gasteiger partial charge in [-0.25, -0.2) is 4.98 Å². The van der Waals surface area contributed by atoms with E-state index in [1.807, 2.05) is 32.9 Å². The molecule has 2 heterocycles. The molecule has 0 radical (unpaired) electrons. The molecule has 1 unspecified atom stereocenters. The number of hydrogen-bond donors (Lipinski definition) is 5. The second-order valence-electron chi connectivity index (χ2n) is 12.7. The van der Waals surface area contributed by atoms with Crippen LogP contribution in [0.15, 0.2) is 36.4 Å². The number of nitrogens with two attached hydrogens (primary N) is 1. The van der Waals surface area contributed by atoms with Crippen molar-refractivity contribution in [2.45, 2.75) is 104 Å². The fourth-order valence-corrected chi connectivity index (χ4v) is 5.54. The number of aldehydes is 1. The van der Waals surface area contributed by atoms with Crippen LogP contribution in [-0.4, -0.2) is 95.1 Å². The lowest BCUT2D eigenvalue weighted by Gasteiger charge is -2.29. The van der Waals surface area contributed by atoms with Crippen LogP contribution in [0, 0.1) is 0 Å². The molecule has 52 heavy (non-hydrogen) atoms. The average Bonchev–Trinajstić information content (AvgIpc) is 3.75. The minimum atomic E-state index is -0.437. The summed E-state index contributed by atoms with van der Waals surface area (Å²) in [4.78, 5) is 69.3. The molecule has 13 heteroatoms. The van der Waals surface area contributed by atoms with Crippen LogP contribution >= 0.6 is 0 Å². The van der Waals surface area contributed by atoms with Crippen molar-refractivity contribution in [2.75, 3.05) is 39.1 Å². The van der Waals surface area contributed by atoms with Gasteiger partial charge in [0.25, 0.3) is 11.8 Å². The van der Waals surface area contributed by atoms with Gasteiger partial charge < -0.3 is 26.0 Å². The Labute approximate surface area is 309 Å². The van der Waals surface area contributed by atoms with Crippen LogP contribution in [0.4, 0.5) is 5.69 Å². The van der Waals surface area contributed by atoms with E-state index >= 15 is 0 Å². The number of H-pyrrole nitrogens is 1. The Morgan fingerprint density at radius 2 is 1.79 bits per heavy atom. The lowest BCUT2D eigenvalue weighted by molar-refractivity contribution is -0.125. The summed E-state index contributed by atoms with van der Waals surface area (Å²) in [6, 6.07) is 10.4. The SMILES string of the molecule is CC.CCCCNc1cccc(C=O)c1C(=O)N(C)C(C)CCC(=O)NC=O.CCCCO.CN1CCC[C@]1(C)c1nc2c(C(N)=O)cccc2[nH]1. The van der Waals surface area contributed by atoms with Crippen molar-refractivity contribution in [3.05, 3.63) is 58.9 Å². The van der Waals surface area contributed by atoms with Crippen molar-refractivity contribution in [3.63, 3.8) is 0 Å². The number of imide groups is 1. The number of aliphatic hydroxyl groups excluding tert-OH is 1. The summed E-state index contributed by atoms with van der Waals surface area (Å²) < 4.78 is 0. The van der Waals surface area contributed by atoms with E-state index < -0.39 is 5.91 Å². The number of unbranched alkanes of at least 4 members (excludes halogenated alkanes) is 2. The highest BCUT2D eigenvalue weighted by molar-refractivity contribution is 6.06. The van der Waals surface area contributed by atoms with Gasteiger partial charge >= 0.3 is 0 Å². The zero-order valence-corrected chi connectivity index (χ0v) is 32.4. The number of fused-ring (bicyclic) bond motifs is 1. The maximum absolute atomic E-state index is 13.0. The number of hydrogen-bond acceptors (Lipinski definition) is 9. The number of aromatic nitrogens is 2. The highest BCUT2D eigenvalue weighted by atomic mass is 16.3. The average molecular weight is 724 g/mol. The van der Waals surface area contributed by atoms with Crippen LogP contribution in [-0.2, 0) is 15.1 Å². The molecule has 1 aliphatic heterocycles. The molecule has 0 saturated carbocycles. The van der Waals surface area contributed by atoms with Crippen molar-refractivity contribution in [2.24, 2.45) is 5.73 Å². The number of nitrogens with zero attached hydrogens (tertiary/aromatic N) is 3. The fourth-order valence-electron chi connectivity index (χ4n) is 5.54. The van der Waals surface area contributed by atoms with E-state index in [0.717, 1.165) is 56.4 Å². The fraction of sp³-hybridized carbons (Fsp3) is 0.538. The van der Waals surface area contributed by atoms with E-state index in [-0.39, 0.29) is 29.8 Å². The molecule has 288 valence electrons. The van der Waals surface area contributed by atoms with E-state index in [0.29, 0.717) is 60.2 Å². The Morgan fingerprint density at radius 1 is 1.12 bits per heavy atom. The summed E-state index contributed by atoms with van der Waals surface area (Å²) in [5.74, 6) is -0.192. The first kappa shape index (κ1) is 45.4. The minimum absolute atomic E-state index is 0.0893. The standard InChI is InChI=1S/C19H27N3O4.C14H18N4O.C4H10O.C2H6/c1-4-5-11-20-16-8-6-7-15(12-23)18(16)19(26)22(3)14(2)9-10-17(25)21-13-24;1-14(7-4-8-18(14)2)13-16-10-6-3-5-9(12(15)19)11(10)17-13;1-2-3-4-5;1-2/h6-8,12-14,20H,4-5,9-11H2,1-3H3,(H,21,24,25);3,5-6H,4,7-8H2,1-2H3,(H2,15,19)(H,16,17);5H,2-4H2,1H3;1-2H3/t;14-;;/m.1../s1. The molecule has 2 aromatic carbocycles. The van der Waals surface area contributed by atoms with E-state index in [1.165, 1.54) is 4.90 Å². The van der Waals surface area contributed by atoms with Crippen molar-refractivity contribution >= 4 is 47.1 Å². The number of para-hydroxylation sites is 1. The van der Waals surface area contributed by atoms with Crippen LogP contribution in [0.25, 0.3) is 11.0 Å². The molecular weight excluding hydrogens is 662 g/mol. The molecule has 1 aliphatic rings. The Bertz CT molecular complexity index is 1570. The number of carbonyl (C=O) groups is 5. The first-order chi connectivity index (χ1) is 24.9. The predicted molar refractivity (Wildman–Crippen MR) is 207 cm³/mol. The third kappa shape index (κ3) is 12.9. The summed E-state index contributed by atoms with van der Waals surface area (Å²) in [5.41, 5.74) is 8.62. The molecule has 1 fully saturated rings.